The van der Waals surface area contributed by atoms with Crippen molar-refractivity contribution in [1.82, 2.24) is 9.97 Å². The van der Waals surface area contributed by atoms with Crippen molar-refractivity contribution in [2.45, 2.75) is 33.8 Å². The maximum absolute atomic E-state index is 12.7. The molecule has 0 radical (unpaired) electrons. The first-order valence-corrected chi connectivity index (χ1v) is 9.34. The molecule has 0 spiro atoms. The molecule has 1 atom stereocenters. The third-order valence-electron chi connectivity index (χ3n) is 3.93. The first kappa shape index (κ1) is 22.2. The molecule has 2 aromatic heterocycles. The van der Waals surface area contributed by atoms with E-state index in [1.165, 1.54) is 6.92 Å². The summed E-state index contributed by atoms with van der Waals surface area (Å²) in [4.78, 5) is 43.8. The molecule has 2 heterocycles. The number of pyridine rings is 1. The van der Waals surface area contributed by atoms with Gasteiger partial charge < -0.3 is 14.5 Å². The molecule has 0 aliphatic rings. The highest BCUT2D eigenvalue weighted by molar-refractivity contribution is 6.48. The lowest BCUT2D eigenvalue weighted by Gasteiger charge is -2.13. The number of nitrogens with one attached hydrogen (secondary N) is 1. The van der Waals surface area contributed by atoms with Crippen LogP contribution in [0.15, 0.2) is 6.20 Å². The fourth-order valence-corrected chi connectivity index (χ4v) is 3.12. The van der Waals surface area contributed by atoms with Crippen molar-refractivity contribution < 1.29 is 23.9 Å². The number of ketones is 1. The lowest BCUT2D eigenvalue weighted by molar-refractivity contribution is 0.0311. The summed E-state index contributed by atoms with van der Waals surface area (Å²) in [7, 11) is 0. The number of H-pyrrole nitrogens is 1. The Morgan fingerprint density at radius 2 is 1.79 bits per heavy atom. The summed E-state index contributed by atoms with van der Waals surface area (Å²) in [6, 6.07) is 0. The van der Waals surface area contributed by atoms with Crippen molar-refractivity contribution >= 4 is 52.5 Å². The van der Waals surface area contributed by atoms with Crippen LogP contribution >= 0.6 is 34.8 Å². The standard InChI is InChI=1S/C18H17Cl3N2O5/c1-5-27-17(25)11-7(2)14(23-8(11)3)16(24)9(4)28-18(26)15-13(21)12(20)10(19)6-22-15/h6,9,23H,5H2,1-4H3. The molecule has 0 fully saturated rings. The highest BCUT2D eigenvalue weighted by atomic mass is 35.5. The third kappa shape index (κ3) is 4.32. The molecule has 0 aliphatic carbocycles. The van der Waals surface area contributed by atoms with E-state index in [1.54, 1.807) is 20.8 Å². The lowest BCUT2D eigenvalue weighted by Crippen LogP contribution is -2.26. The molecule has 7 nitrogen and oxygen atoms in total. The summed E-state index contributed by atoms with van der Waals surface area (Å²) in [6.07, 6.45) is -0.0187. The van der Waals surface area contributed by atoms with Crippen molar-refractivity contribution in [2.24, 2.45) is 0 Å². The maximum atomic E-state index is 12.7. The van der Waals surface area contributed by atoms with E-state index in [0.717, 1.165) is 6.20 Å². The van der Waals surface area contributed by atoms with E-state index in [1.807, 2.05) is 0 Å². The van der Waals surface area contributed by atoms with Crippen LogP contribution in [0.1, 0.15) is 56.4 Å². The fourth-order valence-electron chi connectivity index (χ4n) is 2.56. The molecule has 0 aromatic carbocycles. The molecule has 2 rings (SSSR count). The smallest absolute Gasteiger partial charge is 0.359 e. The summed E-state index contributed by atoms with van der Waals surface area (Å²) in [5.74, 6) is -2.00. The molecule has 1 unspecified atom stereocenters. The second-order valence-corrected chi connectivity index (χ2v) is 7.00. The van der Waals surface area contributed by atoms with Crippen LogP contribution < -0.4 is 0 Å². The second-order valence-electron chi connectivity index (χ2n) is 5.84. The average molecular weight is 448 g/mol. The molecule has 2 aromatic rings. The van der Waals surface area contributed by atoms with Crippen molar-refractivity contribution in [2.75, 3.05) is 6.61 Å². The molecular formula is C18H17Cl3N2O5. The van der Waals surface area contributed by atoms with Gasteiger partial charge in [0.25, 0.3) is 0 Å². The van der Waals surface area contributed by atoms with Crippen LogP contribution in [0.3, 0.4) is 0 Å². The third-order valence-corrected chi connectivity index (χ3v) is 5.17. The highest BCUT2D eigenvalue weighted by Crippen LogP contribution is 2.31. The summed E-state index contributed by atoms with van der Waals surface area (Å²) in [5.41, 5.74) is 1.05. The number of aromatic nitrogens is 2. The van der Waals surface area contributed by atoms with Crippen LogP contribution in [0, 0.1) is 13.8 Å². The Morgan fingerprint density at radius 3 is 2.39 bits per heavy atom. The molecule has 1 N–H and O–H groups in total. The van der Waals surface area contributed by atoms with Crippen LogP contribution in [-0.2, 0) is 9.47 Å². The SMILES string of the molecule is CCOC(=O)c1c(C)[nH]c(C(=O)C(C)OC(=O)c2ncc(Cl)c(Cl)c2Cl)c1C. The number of hydrogen-bond donors (Lipinski definition) is 1. The Labute approximate surface area is 176 Å². The number of esters is 2. The van der Waals surface area contributed by atoms with Gasteiger partial charge in [0.15, 0.2) is 11.8 Å². The monoisotopic (exact) mass is 446 g/mol. The van der Waals surface area contributed by atoms with Gasteiger partial charge in [-0.05, 0) is 33.3 Å². The van der Waals surface area contributed by atoms with Crippen LogP contribution in [0.4, 0.5) is 0 Å². The van der Waals surface area contributed by atoms with Gasteiger partial charge in [-0.3, -0.25) is 4.79 Å². The molecule has 0 saturated carbocycles. The van der Waals surface area contributed by atoms with Crippen molar-refractivity contribution in [3.05, 3.63) is 49.5 Å². The molecule has 0 amide bonds. The van der Waals surface area contributed by atoms with Crippen LogP contribution in [0.2, 0.25) is 15.1 Å². The number of Topliss-reactive ketones (excluding diaryl/α,β-unsaturated/α-hetero) is 1. The number of halogens is 3. The fraction of sp³-hybridized carbons (Fsp3) is 0.333. The van der Waals surface area contributed by atoms with Gasteiger partial charge in [0.2, 0.25) is 5.78 Å². The Hall–Kier alpha value is -2.09. The summed E-state index contributed by atoms with van der Waals surface area (Å²) in [6.45, 7) is 6.54. The zero-order valence-corrected chi connectivity index (χ0v) is 17.8. The van der Waals surface area contributed by atoms with Gasteiger partial charge in [-0.2, -0.15) is 0 Å². The van der Waals surface area contributed by atoms with Gasteiger partial charge in [0, 0.05) is 11.9 Å². The number of carbonyl (C=O) groups is 3. The predicted molar refractivity (Wildman–Crippen MR) is 105 cm³/mol. The van der Waals surface area contributed by atoms with Gasteiger partial charge in [-0.1, -0.05) is 34.8 Å². The second kappa shape index (κ2) is 8.94. The van der Waals surface area contributed by atoms with Crippen molar-refractivity contribution in [1.29, 1.82) is 0 Å². The molecule has 28 heavy (non-hydrogen) atoms. The van der Waals surface area contributed by atoms with E-state index in [2.05, 4.69) is 9.97 Å². The number of aromatic amines is 1. The number of hydrogen-bond acceptors (Lipinski definition) is 6. The Bertz CT molecular complexity index is 955. The number of nitrogens with zero attached hydrogens (tertiary/aromatic N) is 1. The minimum atomic E-state index is -1.17. The van der Waals surface area contributed by atoms with Crippen LogP contribution in [0.25, 0.3) is 0 Å². The van der Waals surface area contributed by atoms with E-state index in [-0.39, 0.29) is 38.6 Å². The summed E-state index contributed by atoms with van der Waals surface area (Å²) < 4.78 is 10.2. The van der Waals surface area contributed by atoms with Crippen molar-refractivity contribution in [3.8, 4) is 0 Å². The molecular weight excluding hydrogens is 431 g/mol. The Kier molecular flexibility index (Phi) is 7.09. The van der Waals surface area contributed by atoms with Gasteiger partial charge in [0.05, 0.1) is 32.9 Å². The maximum Gasteiger partial charge on any atom is 0.359 e. The molecule has 0 aliphatic heterocycles. The van der Waals surface area contributed by atoms with E-state index in [9.17, 15) is 14.4 Å². The zero-order valence-electron chi connectivity index (χ0n) is 15.5. The van der Waals surface area contributed by atoms with Gasteiger partial charge >= 0.3 is 11.9 Å². The predicted octanol–water partition coefficient (Wildman–Crippen LogP) is 4.59. The highest BCUT2D eigenvalue weighted by Gasteiger charge is 2.29. The van der Waals surface area contributed by atoms with Gasteiger partial charge in [0.1, 0.15) is 0 Å². The minimum Gasteiger partial charge on any atom is -0.462 e. The average Bonchev–Trinajstić information content (AvgIpc) is 2.93. The van der Waals surface area contributed by atoms with Crippen LogP contribution in [-0.4, -0.2) is 40.4 Å². The minimum absolute atomic E-state index is 0.0424. The topological polar surface area (TPSA) is 98.4 Å². The van der Waals surface area contributed by atoms with Crippen LogP contribution in [0.5, 0.6) is 0 Å². The van der Waals surface area contributed by atoms with Crippen molar-refractivity contribution in [3.63, 3.8) is 0 Å². The Morgan fingerprint density at radius 1 is 1.14 bits per heavy atom. The van der Waals surface area contributed by atoms with E-state index in [4.69, 9.17) is 44.3 Å². The lowest BCUT2D eigenvalue weighted by atomic mass is 10.1. The van der Waals surface area contributed by atoms with E-state index < -0.39 is 23.8 Å². The number of rotatable bonds is 6. The first-order valence-electron chi connectivity index (χ1n) is 8.21. The van der Waals surface area contributed by atoms with E-state index in [0.29, 0.717) is 11.3 Å². The number of ether oxygens (including phenoxy) is 2. The number of aryl methyl sites for hydroxylation is 1. The normalized spacial score (nSPS) is 11.8. The largest absolute Gasteiger partial charge is 0.462 e. The molecule has 10 heteroatoms. The molecule has 0 bridgehead atoms. The summed E-state index contributed by atoms with van der Waals surface area (Å²) in [5, 5.41) is -0.134. The summed E-state index contributed by atoms with van der Waals surface area (Å²) >= 11 is 17.6. The zero-order chi connectivity index (χ0) is 21.2. The quantitative estimate of drug-likeness (QED) is 0.513. The first-order chi connectivity index (χ1) is 13.1. The van der Waals surface area contributed by atoms with E-state index >= 15 is 0 Å². The van der Waals surface area contributed by atoms with Gasteiger partial charge in [-0.15, -0.1) is 0 Å². The molecule has 150 valence electrons. The van der Waals surface area contributed by atoms with Gasteiger partial charge in [-0.25, -0.2) is 14.6 Å². The number of carbonyl (C=O) groups excluding carboxylic acids is 3. The molecule has 0 saturated heterocycles. The Balaban J connectivity index is 2.24.